The van der Waals surface area contributed by atoms with Crippen LogP contribution in [-0.4, -0.2) is 25.3 Å². The molecule has 3 aromatic rings. The summed E-state index contributed by atoms with van der Waals surface area (Å²) in [6.07, 6.45) is 2.78. The number of anilines is 2. The quantitative estimate of drug-likeness (QED) is 0.498. The van der Waals surface area contributed by atoms with E-state index in [2.05, 4.69) is 24.5 Å². The lowest BCUT2D eigenvalue weighted by Gasteiger charge is -2.37. The van der Waals surface area contributed by atoms with Gasteiger partial charge in [-0.1, -0.05) is 38.1 Å². The van der Waals surface area contributed by atoms with Crippen molar-refractivity contribution in [1.82, 2.24) is 5.32 Å². The molecule has 0 bridgehead atoms. The third-order valence-corrected chi connectivity index (χ3v) is 6.79. The predicted molar refractivity (Wildman–Crippen MR) is 139 cm³/mol. The number of carbonyl (C=O) groups excluding carboxylic acids is 2. The number of hydrogen-bond donors (Lipinski definition) is 2. The fourth-order valence-corrected chi connectivity index (χ4v) is 5.17. The third-order valence-electron chi connectivity index (χ3n) is 6.79. The first-order valence-corrected chi connectivity index (χ1v) is 12.2. The summed E-state index contributed by atoms with van der Waals surface area (Å²) >= 11 is 0. The number of benzene rings is 2. The maximum Gasteiger partial charge on any atom is 0.239 e. The molecular weight excluding hydrogens is 454 g/mol. The van der Waals surface area contributed by atoms with E-state index >= 15 is 0 Å². The van der Waals surface area contributed by atoms with E-state index in [1.807, 2.05) is 59.5 Å². The minimum atomic E-state index is -0.431. The normalized spacial score (nSPS) is 18.6. The lowest BCUT2D eigenvalue weighted by molar-refractivity contribution is -0.121. The molecule has 1 aromatic heterocycles. The van der Waals surface area contributed by atoms with Crippen LogP contribution in [0.1, 0.15) is 44.1 Å². The third kappa shape index (κ3) is 4.73. The molecule has 0 radical (unpaired) electrons. The summed E-state index contributed by atoms with van der Waals surface area (Å²) < 4.78 is 10.7. The van der Waals surface area contributed by atoms with E-state index in [0.717, 1.165) is 40.4 Å². The van der Waals surface area contributed by atoms with Gasteiger partial charge in [0.1, 0.15) is 11.5 Å². The zero-order valence-corrected chi connectivity index (χ0v) is 20.8. The number of para-hydroxylation sites is 2. The number of ketones is 1. The standard InChI is InChI=1S/C29H31N3O4/c1-29(2)15-23-27(25(33)16-29)28(19-10-12-20(35-3)13-11-19)32(24-9-5-4-8-22(24)31-23)18-26(34)30-17-21-7-6-14-36-21/h4-14,28,31H,15-18H2,1-3H3,(H,30,34). The minimum absolute atomic E-state index is 0.0730. The summed E-state index contributed by atoms with van der Waals surface area (Å²) in [6.45, 7) is 4.61. The Balaban J connectivity index is 1.60. The lowest BCUT2D eigenvalue weighted by atomic mass is 9.73. The second-order valence-electron chi connectivity index (χ2n) is 10.1. The Kier molecular flexibility index (Phi) is 6.31. The number of fused-ring (bicyclic) bond motifs is 1. The van der Waals surface area contributed by atoms with E-state index in [9.17, 15) is 9.59 Å². The van der Waals surface area contributed by atoms with E-state index < -0.39 is 6.04 Å². The van der Waals surface area contributed by atoms with Crippen LogP contribution >= 0.6 is 0 Å². The van der Waals surface area contributed by atoms with Gasteiger partial charge in [-0.2, -0.15) is 0 Å². The van der Waals surface area contributed by atoms with Crippen molar-refractivity contribution in [2.45, 2.75) is 39.3 Å². The molecular formula is C29H31N3O4. The lowest BCUT2D eigenvalue weighted by Crippen LogP contribution is -2.41. The fraction of sp³-hybridized carbons (Fsp3) is 0.310. The Morgan fingerprint density at radius 1 is 1.11 bits per heavy atom. The molecule has 186 valence electrons. The van der Waals surface area contributed by atoms with Crippen LogP contribution in [0, 0.1) is 5.41 Å². The average Bonchev–Trinajstić information content (AvgIpc) is 3.33. The van der Waals surface area contributed by atoms with Gasteiger partial charge in [0.2, 0.25) is 5.91 Å². The van der Waals surface area contributed by atoms with Crippen molar-refractivity contribution in [1.29, 1.82) is 0 Å². The van der Waals surface area contributed by atoms with Crippen LogP contribution < -0.4 is 20.3 Å². The molecule has 1 atom stereocenters. The first-order valence-electron chi connectivity index (χ1n) is 12.2. The molecule has 2 N–H and O–H groups in total. The van der Waals surface area contributed by atoms with Crippen molar-refractivity contribution in [2.75, 3.05) is 23.9 Å². The average molecular weight is 486 g/mol. The second kappa shape index (κ2) is 9.57. The van der Waals surface area contributed by atoms with Gasteiger partial charge in [-0.15, -0.1) is 0 Å². The molecule has 7 nitrogen and oxygen atoms in total. The van der Waals surface area contributed by atoms with Crippen LogP contribution in [0.15, 0.2) is 82.6 Å². The number of hydrogen-bond acceptors (Lipinski definition) is 6. The molecule has 2 aromatic carbocycles. The van der Waals surface area contributed by atoms with Crippen molar-refractivity contribution in [2.24, 2.45) is 5.41 Å². The largest absolute Gasteiger partial charge is 0.497 e. The van der Waals surface area contributed by atoms with E-state index in [4.69, 9.17) is 9.15 Å². The van der Waals surface area contributed by atoms with Crippen molar-refractivity contribution in [3.63, 3.8) is 0 Å². The van der Waals surface area contributed by atoms with Crippen LogP contribution in [-0.2, 0) is 16.1 Å². The fourth-order valence-electron chi connectivity index (χ4n) is 5.17. The molecule has 0 saturated carbocycles. The molecule has 7 heteroatoms. The minimum Gasteiger partial charge on any atom is -0.497 e. The number of rotatable bonds is 6. The molecule has 36 heavy (non-hydrogen) atoms. The van der Waals surface area contributed by atoms with Crippen molar-refractivity contribution in [3.05, 3.63) is 89.5 Å². The Bertz CT molecular complexity index is 1290. The molecule has 1 aliphatic carbocycles. The zero-order chi connectivity index (χ0) is 25.3. The van der Waals surface area contributed by atoms with Gasteiger partial charge in [0.25, 0.3) is 0 Å². The molecule has 5 rings (SSSR count). The monoisotopic (exact) mass is 485 g/mol. The van der Waals surface area contributed by atoms with Crippen molar-refractivity contribution < 1.29 is 18.7 Å². The van der Waals surface area contributed by atoms with E-state index in [0.29, 0.717) is 18.7 Å². The van der Waals surface area contributed by atoms with Gasteiger partial charge in [-0.3, -0.25) is 9.59 Å². The number of nitrogens with zero attached hydrogens (tertiary/aromatic N) is 1. The summed E-state index contributed by atoms with van der Waals surface area (Å²) in [5.41, 5.74) is 4.15. The van der Waals surface area contributed by atoms with Crippen LogP contribution in [0.25, 0.3) is 0 Å². The summed E-state index contributed by atoms with van der Waals surface area (Å²) in [5, 5.41) is 6.53. The summed E-state index contributed by atoms with van der Waals surface area (Å²) in [7, 11) is 1.63. The predicted octanol–water partition coefficient (Wildman–Crippen LogP) is 5.22. The van der Waals surface area contributed by atoms with Crippen LogP contribution in [0.2, 0.25) is 0 Å². The molecule has 0 spiro atoms. The topological polar surface area (TPSA) is 83.8 Å². The first kappa shape index (κ1) is 23.7. The number of methoxy groups -OCH3 is 1. The summed E-state index contributed by atoms with van der Waals surface area (Å²) in [6, 6.07) is 18.8. The zero-order valence-electron chi connectivity index (χ0n) is 20.8. The number of carbonyl (C=O) groups is 2. The van der Waals surface area contributed by atoms with Crippen LogP contribution in [0.3, 0.4) is 0 Å². The number of furan rings is 1. The van der Waals surface area contributed by atoms with E-state index in [1.54, 1.807) is 19.4 Å². The molecule has 2 aliphatic rings. The van der Waals surface area contributed by atoms with Gasteiger partial charge in [0, 0.05) is 17.7 Å². The second-order valence-corrected chi connectivity index (χ2v) is 10.1. The van der Waals surface area contributed by atoms with Gasteiger partial charge in [0.15, 0.2) is 5.78 Å². The summed E-state index contributed by atoms with van der Waals surface area (Å²) in [5.74, 6) is 1.36. The van der Waals surface area contributed by atoms with E-state index in [1.165, 1.54) is 0 Å². The molecule has 0 fully saturated rings. The van der Waals surface area contributed by atoms with Crippen LogP contribution in [0.5, 0.6) is 5.75 Å². The molecule has 1 unspecified atom stereocenters. The van der Waals surface area contributed by atoms with Gasteiger partial charge in [-0.25, -0.2) is 0 Å². The number of amides is 1. The first-order chi connectivity index (χ1) is 17.3. The molecule has 1 amide bonds. The van der Waals surface area contributed by atoms with Crippen molar-refractivity contribution in [3.8, 4) is 5.75 Å². The van der Waals surface area contributed by atoms with Gasteiger partial charge in [-0.05, 0) is 53.8 Å². The van der Waals surface area contributed by atoms with Crippen LogP contribution in [0.4, 0.5) is 11.4 Å². The van der Waals surface area contributed by atoms with Crippen molar-refractivity contribution >= 4 is 23.1 Å². The highest BCUT2D eigenvalue weighted by atomic mass is 16.5. The molecule has 2 heterocycles. The number of nitrogens with one attached hydrogen (secondary N) is 2. The van der Waals surface area contributed by atoms with Gasteiger partial charge in [0.05, 0.1) is 43.9 Å². The van der Waals surface area contributed by atoms with Gasteiger partial charge >= 0.3 is 0 Å². The number of ether oxygens (including phenoxy) is 1. The smallest absolute Gasteiger partial charge is 0.239 e. The Morgan fingerprint density at radius 2 is 1.89 bits per heavy atom. The highest BCUT2D eigenvalue weighted by molar-refractivity contribution is 6.01. The molecule has 1 aliphatic heterocycles. The Morgan fingerprint density at radius 3 is 2.61 bits per heavy atom. The molecule has 0 saturated heterocycles. The van der Waals surface area contributed by atoms with Gasteiger partial charge < -0.3 is 24.7 Å². The van der Waals surface area contributed by atoms with E-state index in [-0.39, 0.29) is 23.7 Å². The Hall–Kier alpha value is -4.00. The number of Topliss-reactive ketones (excluding diaryl/α,β-unsaturated/α-hetero) is 1. The Labute approximate surface area is 211 Å². The number of allylic oxidation sites excluding steroid dienone is 1. The SMILES string of the molecule is COc1ccc(C2C3=C(CC(C)(C)CC3=O)Nc3ccccc3N2CC(=O)NCc2ccco2)cc1. The highest BCUT2D eigenvalue weighted by Crippen LogP contribution is 2.48. The maximum absolute atomic E-state index is 13.7. The maximum atomic E-state index is 13.7. The highest BCUT2D eigenvalue weighted by Gasteiger charge is 2.41. The summed E-state index contributed by atoms with van der Waals surface area (Å²) in [4.78, 5) is 28.9.